The molecule has 0 aliphatic heterocycles. The number of nitrogens with one attached hydrogen (secondary N) is 1. The maximum atomic E-state index is 11.9. The third-order valence-electron chi connectivity index (χ3n) is 2.52. The number of halogens is 1. The lowest BCUT2D eigenvalue weighted by Gasteiger charge is -2.19. The monoisotopic (exact) mass is 258 g/mol. The third-order valence-corrected chi connectivity index (χ3v) is 3.28. The van der Waals surface area contributed by atoms with Crippen LogP contribution in [-0.4, -0.2) is 9.78 Å². The van der Waals surface area contributed by atoms with E-state index in [4.69, 9.17) is 0 Å². The van der Waals surface area contributed by atoms with Crippen LogP contribution in [0.1, 0.15) is 45.2 Å². The molecule has 0 aromatic carbocycles. The molecule has 2 rings (SSSR count). The Morgan fingerprint density at radius 3 is 2.36 bits per heavy atom. The number of nitrogens with zero attached hydrogens (tertiary/aromatic N) is 1. The molecule has 0 spiro atoms. The van der Waals surface area contributed by atoms with Crippen LogP contribution in [0.25, 0.3) is 0 Å². The van der Waals surface area contributed by atoms with Gasteiger partial charge in [-0.05, 0) is 49.5 Å². The lowest BCUT2D eigenvalue weighted by Crippen LogP contribution is -2.32. The van der Waals surface area contributed by atoms with Crippen LogP contribution in [0.5, 0.6) is 0 Å². The third kappa shape index (κ3) is 1.56. The number of H-pyrrole nitrogens is 1. The van der Waals surface area contributed by atoms with Gasteiger partial charge < -0.3 is 0 Å². The Balaban J connectivity index is 2.53. The summed E-state index contributed by atoms with van der Waals surface area (Å²) in [5.41, 5.74) is 0.955. The second-order valence-electron chi connectivity index (χ2n) is 4.93. The highest BCUT2D eigenvalue weighted by Crippen LogP contribution is 2.41. The minimum Gasteiger partial charge on any atom is -0.298 e. The number of aromatic nitrogens is 2. The lowest BCUT2D eigenvalue weighted by atomic mass is 10.1. The molecule has 0 bridgehead atoms. The predicted molar refractivity (Wildman–Crippen MR) is 59.7 cm³/mol. The van der Waals surface area contributed by atoms with Crippen molar-refractivity contribution >= 4 is 15.9 Å². The zero-order chi connectivity index (χ0) is 10.5. The molecule has 0 amide bonds. The molecule has 3 nitrogen and oxygen atoms in total. The van der Waals surface area contributed by atoms with Crippen LogP contribution in [0.15, 0.2) is 9.27 Å². The van der Waals surface area contributed by atoms with E-state index < -0.39 is 0 Å². The molecule has 4 heteroatoms. The van der Waals surface area contributed by atoms with E-state index in [1.165, 1.54) is 12.8 Å². The van der Waals surface area contributed by atoms with E-state index >= 15 is 0 Å². The van der Waals surface area contributed by atoms with Gasteiger partial charge >= 0.3 is 0 Å². The first-order chi connectivity index (χ1) is 6.41. The van der Waals surface area contributed by atoms with E-state index in [1.54, 1.807) is 4.68 Å². The fraction of sp³-hybridized carbons (Fsp3) is 0.700. The Kier molecular flexibility index (Phi) is 2.14. The van der Waals surface area contributed by atoms with Gasteiger partial charge in [0, 0.05) is 5.92 Å². The molecule has 1 aliphatic carbocycles. The van der Waals surface area contributed by atoms with Crippen molar-refractivity contribution in [1.82, 2.24) is 9.78 Å². The summed E-state index contributed by atoms with van der Waals surface area (Å²) in [7, 11) is 0. The Hall–Kier alpha value is -0.510. The summed E-state index contributed by atoms with van der Waals surface area (Å²) in [5, 5.41) is 3.21. The molecule has 1 aliphatic rings. The SMILES string of the molecule is CC(C)(C)n1[nH]c(C2CC2)c(Br)c1=O. The Morgan fingerprint density at radius 2 is 2.00 bits per heavy atom. The molecule has 0 saturated heterocycles. The summed E-state index contributed by atoms with van der Waals surface area (Å²) < 4.78 is 2.42. The highest BCUT2D eigenvalue weighted by Gasteiger charge is 2.31. The van der Waals surface area contributed by atoms with Gasteiger partial charge in [-0.1, -0.05) is 0 Å². The van der Waals surface area contributed by atoms with Crippen molar-refractivity contribution in [2.75, 3.05) is 0 Å². The zero-order valence-corrected chi connectivity index (χ0v) is 10.3. The van der Waals surface area contributed by atoms with Crippen molar-refractivity contribution in [3.63, 3.8) is 0 Å². The first-order valence-electron chi connectivity index (χ1n) is 4.92. The second kappa shape index (κ2) is 2.99. The van der Waals surface area contributed by atoms with Crippen molar-refractivity contribution in [1.29, 1.82) is 0 Å². The van der Waals surface area contributed by atoms with Crippen molar-refractivity contribution in [3.05, 3.63) is 20.5 Å². The first kappa shape index (κ1) is 10.0. The predicted octanol–water partition coefficient (Wildman–Crippen LogP) is 2.57. The van der Waals surface area contributed by atoms with Gasteiger partial charge in [0.1, 0.15) is 4.47 Å². The number of hydrogen-bond acceptors (Lipinski definition) is 1. The minimum atomic E-state index is -0.174. The standard InChI is InChI=1S/C10H15BrN2O/c1-10(2,3)13-9(14)7(11)8(12-13)6-4-5-6/h6,12H,4-5H2,1-3H3. The molecule has 1 N–H and O–H groups in total. The fourth-order valence-corrected chi connectivity index (χ4v) is 2.14. The molecular weight excluding hydrogens is 244 g/mol. The number of rotatable bonds is 1. The van der Waals surface area contributed by atoms with Crippen LogP contribution in [-0.2, 0) is 5.54 Å². The number of aromatic amines is 1. The molecule has 0 radical (unpaired) electrons. The molecule has 0 atom stereocenters. The van der Waals surface area contributed by atoms with Gasteiger partial charge in [-0.25, -0.2) is 4.68 Å². The summed E-state index contributed by atoms with van der Waals surface area (Å²) in [5.74, 6) is 0.570. The maximum Gasteiger partial charge on any atom is 0.281 e. The molecule has 1 fully saturated rings. The van der Waals surface area contributed by atoms with E-state index in [-0.39, 0.29) is 11.1 Å². The average molecular weight is 259 g/mol. The Bertz CT molecular complexity index is 407. The normalized spacial score (nSPS) is 17.4. The molecule has 1 aromatic heterocycles. The molecular formula is C10H15BrN2O. The van der Waals surface area contributed by atoms with Crippen LogP contribution < -0.4 is 5.56 Å². The summed E-state index contributed by atoms with van der Waals surface area (Å²) in [6, 6.07) is 0. The van der Waals surface area contributed by atoms with Gasteiger partial charge in [0.05, 0.1) is 11.2 Å². The van der Waals surface area contributed by atoms with Gasteiger partial charge in [-0.2, -0.15) is 0 Å². The second-order valence-corrected chi connectivity index (χ2v) is 5.72. The molecule has 14 heavy (non-hydrogen) atoms. The topological polar surface area (TPSA) is 37.8 Å². The van der Waals surface area contributed by atoms with Gasteiger partial charge in [0.15, 0.2) is 0 Å². The molecule has 1 aromatic rings. The van der Waals surface area contributed by atoms with Gasteiger partial charge in [0.25, 0.3) is 5.56 Å². The van der Waals surface area contributed by atoms with Crippen LogP contribution >= 0.6 is 15.9 Å². The summed E-state index contributed by atoms with van der Waals surface area (Å²) in [4.78, 5) is 11.9. The van der Waals surface area contributed by atoms with Crippen molar-refractivity contribution in [2.24, 2.45) is 0 Å². The van der Waals surface area contributed by atoms with Crippen LogP contribution in [0.2, 0.25) is 0 Å². The van der Waals surface area contributed by atoms with E-state index in [0.717, 1.165) is 10.2 Å². The molecule has 78 valence electrons. The quantitative estimate of drug-likeness (QED) is 0.826. The highest BCUT2D eigenvalue weighted by molar-refractivity contribution is 9.10. The maximum absolute atomic E-state index is 11.9. The van der Waals surface area contributed by atoms with E-state index in [2.05, 4.69) is 21.0 Å². The van der Waals surface area contributed by atoms with Gasteiger partial charge in [-0.3, -0.25) is 9.89 Å². The minimum absolute atomic E-state index is 0.0550. The van der Waals surface area contributed by atoms with Gasteiger partial charge in [0.2, 0.25) is 0 Å². The summed E-state index contributed by atoms with van der Waals surface area (Å²) >= 11 is 3.37. The van der Waals surface area contributed by atoms with Crippen molar-refractivity contribution < 1.29 is 0 Å². The average Bonchev–Trinajstić information content (AvgIpc) is 2.81. The molecule has 1 heterocycles. The molecule has 0 unspecified atom stereocenters. The zero-order valence-electron chi connectivity index (χ0n) is 8.72. The number of hydrogen-bond donors (Lipinski definition) is 1. The van der Waals surface area contributed by atoms with Crippen LogP contribution in [0.3, 0.4) is 0 Å². The van der Waals surface area contributed by atoms with Crippen LogP contribution in [0.4, 0.5) is 0 Å². The largest absolute Gasteiger partial charge is 0.298 e. The van der Waals surface area contributed by atoms with E-state index in [0.29, 0.717) is 5.92 Å². The Labute approximate surface area is 91.6 Å². The van der Waals surface area contributed by atoms with E-state index in [1.807, 2.05) is 20.8 Å². The lowest BCUT2D eigenvalue weighted by molar-refractivity contribution is 0.343. The van der Waals surface area contributed by atoms with Crippen molar-refractivity contribution in [2.45, 2.75) is 45.1 Å². The van der Waals surface area contributed by atoms with Crippen molar-refractivity contribution in [3.8, 4) is 0 Å². The van der Waals surface area contributed by atoms with Crippen LogP contribution in [0, 0.1) is 0 Å². The summed E-state index contributed by atoms with van der Waals surface area (Å²) in [6.45, 7) is 6.07. The fourth-order valence-electron chi connectivity index (χ4n) is 1.55. The Morgan fingerprint density at radius 1 is 1.43 bits per heavy atom. The van der Waals surface area contributed by atoms with Gasteiger partial charge in [-0.15, -0.1) is 0 Å². The summed E-state index contributed by atoms with van der Waals surface area (Å²) in [6.07, 6.45) is 2.39. The molecule has 1 saturated carbocycles. The smallest absolute Gasteiger partial charge is 0.281 e. The van der Waals surface area contributed by atoms with E-state index in [9.17, 15) is 4.79 Å². The first-order valence-corrected chi connectivity index (χ1v) is 5.71. The highest BCUT2D eigenvalue weighted by atomic mass is 79.9.